The van der Waals surface area contributed by atoms with Crippen LogP contribution in [0, 0.1) is 13.8 Å². The first-order chi connectivity index (χ1) is 34.4. The predicted molar refractivity (Wildman–Crippen MR) is 255 cm³/mol. The average Bonchev–Trinajstić information content (AvgIpc) is 3.90. The van der Waals surface area contributed by atoms with Gasteiger partial charge in [0.15, 0.2) is 22.7 Å². The minimum Gasteiger partial charge on any atom is -0.338 e. The zero-order valence-corrected chi connectivity index (χ0v) is 37.4. The highest BCUT2D eigenvalue weighted by atomic mass is 19.4. The van der Waals surface area contributed by atoms with E-state index in [-0.39, 0.29) is 17.2 Å². The van der Waals surface area contributed by atoms with Gasteiger partial charge in [-0.25, -0.2) is 24.9 Å². The fraction of sp³-hybridized carbons (Fsp3) is 0.122. The number of H-pyrrole nitrogens is 2. The lowest BCUT2D eigenvalue weighted by Gasteiger charge is -2.15. The lowest BCUT2D eigenvalue weighted by atomic mass is 10.1. The van der Waals surface area contributed by atoms with Crippen molar-refractivity contribution in [3.63, 3.8) is 0 Å². The Kier molecular flexibility index (Phi) is 11.0. The number of benzene rings is 1. The lowest BCUT2D eigenvalue weighted by Crippen LogP contribution is -2.34. The van der Waals surface area contributed by atoms with Crippen LogP contribution in [0.4, 0.5) is 47.6 Å². The SMILES string of the molecule is Cc1ccc(NC(=O)c2ccnc(C3CC3)c2)cc1Nc1nc(-[n+]2cnc(-c3cccnc3Nc3cc(NC(=O)c4cncc(C(F)(F)F)c4)cnc3C)c3nc[nH]c32)ccc1-c1ncnc2[nH]cnc12. The third-order valence-electron chi connectivity index (χ3n) is 11.8. The van der Waals surface area contributed by atoms with E-state index in [1.165, 1.54) is 12.5 Å². The van der Waals surface area contributed by atoms with Crippen LogP contribution in [0.15, 0.2) is 123 Å². The van der Waals surface area contributed by atoms with Gasteiger partial charge in [0.05, 0.1) is 51.8 Å². The number of nitrogens with zero attached hydrogens (tertiary/aromatic N) is 11. The van der Waals surface area contributed by atoms with E-state index in [1.807, 2.05) is 49.4 Å². The number of anilines is 6. The number of carbonyl (C=O) groups excluding carboxylic acids is 2. The molecule has 350 valence electrons. The number of fused-ring (bicyclic) bond motifs is 2. The molecular formula is C49H37F3N17O2+. The summed E-state index contributed by atoms with van der Waals surface area (Å²) >= 11 is 0. The van der Waals surface area contributed by atoms with Crippen molar-refractivity contribution >= 4 is 68.5 Å². The van der Waals surface area contributed by atoms with Gasteiger partial charge >= 0.3 is 6.18 Å². The number of hydrogen-bond donors (Lipinski definition) is 6. The van der Waals surface area contributed by atoms with Crippen molar-refractivity contribution in [2.45, 2.75) is 38.8 Å². The topological polar surface area (TPSA) is 247 Å². The maximum atomic E-state index is 13.5. The molecule has 0 saturated heterocycles. The predicted octanol–water partition coefficient (Wildman–Crippen LogP) is 8.71. The molecule has 10 aromatic rings. The van der Waals surface area contributed by atoms with Gasteiger partial charge in [-0.05, 0) is 86.8 Å². The molecule has 22 heteroatoms. The average molecular weight is 953 g/mol. The standard InChI is InChI=1S/C49H36F3N17O2/c1-25-5-8-31(64-47(70)28-11-13-54-37(15-28)27-6-7-27)16-35(25)66-44-34(39-41-45(60-21-57-39)61-22-58-41)9-10-38(68-44)69-24-63-40(42-46(69)62-23-59-42)33-4-3-12-55-43(33)67-36-17-32(20-56-26(36)2)65-48(71)29-14-30(19-53-18-29)49(50,51)52/h3-5,8-24,27H,6-7H2,1-2H3,(H5,54,55,57,58,59,60,61,62,64,65,66,67,68,70,71)/p+1. The number of imidazole rings is 2. The van der Waals surface area contributed by atoms with Crippen LogP contribution < -0.4 is 25.8 Å². The zero-order valence-electron chi connectivity index (χ0n) is 37.4. The van der Waals surface area contributed by atoms with E-state index in [4.69, 9.17) is 9.97 Å². The molecule has 19 nitrogen and oxygen atoms in total. The Bertz CT molecular complexity index is 3720. The van der Waals surface area contributed by atoms with E-state index >= 15 is 0 Å². The number of nitrogens with one attached hydrogen (secondary N) is 6. The summed E-state index contributed by atoms with van der Waals surface area (Å²) < 4.78 is 41.8. The zero-order chi connectivity index (χ0) is 48.8. The number of carbonyl (C=O) groups is 2. The summed E-state index contributed by atoms with van der Waals surface area (Å²) in [6.45, 7) is 3.69. The molecule has 1 fully saturated rings. The maximum absolute atomic E-state index is 13.5. The Hall–Kier alpha value is -9.60. The smallest absolute Gasteiger partial charge is 0.338 e. The number of rotatable bonds is 12. The molecule has 6 N–H and O–H groups in total. The van der Waals surface area contributed by atoms with Crippen LogP contribution in [-0.4, -0.2) is 71.6 Å². The number of aryl methyl sites for hydroxylation is 2. The van der Waals surface area contributed by atoms with Gasteiger partial charge in [0.25, 0.3) is 11.8 Å². The number of hydrogen-bond acceptors (Lipinski definition) is 14. The molecule has 0 aliphatic heterocycles. The second-order valence-electron chi connectivity index (χ2n) is 16.6. The summed E-state index contributed by atoms with van der Waals surface area (Å²) in [6.07, 6.45) is 9.98. The van der Waals surface area contributed by atoms with Crippen molar-refractivity contribution in [2.24, 2.45) is 0 Å². The number of amides is 2. The molecule has 0 atom stereocenters. The maximum Gasteiger partial charge on any atom is 0.417 e. The summed E-state index contributed by atoms with van der Waals surface area (Å²) in [6, 6.07) is 18.7. The minimum absolute atomic E-state index is 0.213. The van der Waals surface area contributed by atoms with E-state index < -0.39 is 17.6 Å². The van der Waals surface area contributed by atoms with Crippen LogP contribution in [-0.2, 0) is 6.18 Å². The van der Waals surface area contributed by atoms with Gasteiger partial charge in [0, 0.05) is 59.4 Å². The van der Waals surface area contributed by atoms with Crippen molar-refractivity contribution < 1.29 is 27.3 Å². The first-order valence-corrected chi connectivity index (χ1v) is 22.0. The van der Waals surface area contributed by atoms with Crippen LogP contribution in [0.1, 0.15) is 62.0 Å². The molecule has 2 amide bonds. The summed E-state index contributed by atoms with van der Waals surface area (Å²) in [5.74, 6) is 0.588. The molecule has 0 spiro atoms. The fourth-order valence-corrected chi connectivity index (χ4v) is 7.91. The normalized spacial score (nSPS) is 12.5. The van der Waals surface area contributed by atoms with Crippen LogP contribution >= 0.6 is 0 Å². The van der Waals surface area contributed by atoms with Gasteiger partial charge in [-0.1, -0.05) is 6.07 Å². The number of aromatic nitrogens is 13. The van der Waals surface area contributed by atoms with E-state index in [0.29, 0.717) is 103 Å². The molecule has 9 aromatic heterocycles. The molecule has 1 aromatic carbocycles. The Morgan fingerprint density at radius 3 is 2.32 bits per heavy atom. The Morgan fingerprint density at radius 1 is 0.690 bits per heavy atom. The highest BCUT2D eigenvalue weighted by molar-refractivity contribution is 6.05. The van der Waals surface area contributed by atoms with E-state index in [9.17, 15) is 22.8 Å². The van der Waals surface area contributed by atoms with E-state index in [1.54, 1.807) is 61.1 Å². The molecule has 0 unspecified atom stereocenters. The van der Waals surface area contributed by atoms with Gasteiger partial charge in [-0.2, -0.15) is 17.7 Å². The summed E-state index contributed by atoms with van der Waals surface area (Å²) in [5.41, 5.74) is 7.70. The molecule has 1 aliphatic rings. The molecule has 0 radical (unpaired) electrons. The summed E-state index contributed by atoms with van der Waals surface area (Å²) in [7, 11) is 0. The Balaban J connectivity index is 0.914. The molecule has 1 saturated carbocycles. The lowest BCUT2D eigenvalue weighted by molar-refractivity contribution is -0.576. The molecule has 0 bridgehead atoms. The number of aromatic amines is 2. The fourth-order valence-electron chi connectivity index (χ4n) is 7.91. The number of halogens is 3. The molecule has 9 heterocycles. The van der Waals surface area contributed by atoms with Gasteiger partial charge in [0.1, 0.15) is 29.7 Å². The largest absolute Gasteiger partial charge is 0.417 e. The first kappa shape index (κ1) is 43.9. The molecule has 11 rings (SSSR count). The third-order valence-corrected chi connectivity index (χ3v) is 11.8. The first-order valence-electron chi connectivity index (χ1n) is 22.0. The van der Waals surface area contributed by atoms with Crippen LogP contribution in [0.5, 0.6) is 0 Å². The third kappa shape index (κ3) is 8.87. The minimum atomic E-state index is -4.67. The summed E-state index contributed by atoms with van der Waals surface area (Å²) in [5, 5.41) is 12.4. The van der Waals surface area contributed by atoms with Crippen molar-refractivity contribution in [3.8, 4) is 28.3 Å². The number of pyridine rings is 5. The monoisotopic (exact) mass is 952 g/mol. The van der Waals surface area contributed by atoms with Crippen molar-refractivity contribution in [2.75, 3.05) is 21.3 Å². The second-order valence-corrected chi connectivity index (χ2v) is 16.6. The number of alkyl halides is 3. The van der Waals surface area contributed by atoms with Crippen LogP contribution in [0.2, 0.25) is 0 Å². The second kappa shape index (κ2) is 17.8. The Labute approximate surface area is 399 Å². The van der Waals surface area contributed by atoms with Crippen molar-refractivity contribution in [1.82, 2.24) is 59.8 Å². The van der Waals surface area contributed by atoms with Crippen molar-refractivity contribution in [3.05, 3.63) is 157 Å². The van der Waals surface area contributed by atoms with Crippen molar-refractivity contribution in [1.29, 1.82) is 0 Å². The highest BCUT2D eigenvalue weighted by Gasteiger charge is 2.32. The van der Waals surface area contributed by atoms with Gasteiger partial charge in [-0.3, -0.25) is 29.5 Å². The van der Waals surface area contributed by atoms with Crippen LogP contribution in [0.3, 0.4) is 0 Å². The quantitative estimate of drug-likeness (QED) is 0.0627. The van der Waals surface area contributed by atoms with Crippen LogP contribution in [0.25, 0.3) is 50.7 Å². The van der Waals surface area contributed by atoms with Gasteiger partial charge in [0.2, 0.25) is 17.8 Å². The van der Waals surface area contributed by atoms with Gasteiger partial charge < -0.3 is 26.3 Å². The highest BCUT2D eigenvalue weighted by Crippen LogP contribution is 2.39. The van der Waals surface area contributed by atoms with E-state index in [0.717, 1.165) is 36.4 Å². The molecule has 1 aliphatic carbocycles. The van der Waals surface area contributed by atoms with E-state index in [2.05, 4.69) is 71.1 Å². The Morgan fingerprint density at radius 2 is 1.46 bits per heavy atom. The molecular weight excluding hydrogens is 916 g/mol. The summed E-state index contributed by atoms with van der Waals surface area (Å²) in [4.78, 5) is 78.0. The van der Waals surface area contributed by atoms with Gasteiger partial charge in [-0.15, -0.1) is 9.97 Å². The molecule has 71 heavy (non-hydrogen) atoms.